The van der Waals surface area contributed by atoms with Crippen LogP contribution in [0.3, 0.4) is 0 Å². The molecule has 1 aliphatic heterocycles. The number of hydrogen-bond donors (Lipinski definition) is 0. The molecule has 1 aliphatic carbocycles. The molecule has 0 N–H and O–H groups in total. The summed E-state index contributed by atoms with van der Waals surface area (Å²) in [5, 5.41) is 4.36. The van der Waals surface area contributed by atoms with Crippen LogP contribution in [-0.2, 0) is 17.1 Å². The van der Waals surface area contributed by atoms with Gasteiger partial charge >= 0.3 is 0 Å². The zero-order chi connectivity index (χ0) is 24.6. The van der Waals surface area contributed by atoms with E-state index in [2.05, 4.69) is 30.0 Å². The van der Waals surface area contributed by atoms with Gasteiger partial charge in [-0.3, -0.25) is 4.68 Å². The SMILES string of the molecule is CCCN(C)[C@H]1CC[C@@H](c2cnc3c(c2)C(c2cnn(C)c2)CN3S(=O)(=O)c2ccccc2)CC1. The molecular weight excluding hydrogens is 458 g/mol. The number of nitrogens with zero attached hydrogens (tertiary/aromatic N) is 5. The van der Waals surface area contributed by atoms with E-state index < -0.39 is 10.0 Å². The number of aryl methyl sites for hydroxylation is 1. The Bertz CT molecular complexity index is 1270. The van der Waals surface area contributed by atoms with Gasteiger partial charge in [-0.05, 0) is 80.9 Å². The maximum Gasteiger partial charge on any atom is 0.265 e. The zero-order valence-corrected chi connectivity index (χ0v) is 21.7. The average molecular weight is 494 g/mol. The highest BCUT2D eigenvalue weighted by atomic mass is 32.2. The van der Waals surface area contributed by atoms with Crippen LogP contribution in [0, 0.1) is 0 Å². The molecular formula is C27H35N5O2S. The standard InChI is InChI=1S/C27H35N5O2S/c1-4-14-30(2)23-12-10-20(11-13-23)21-15-25-26(22-17-29-31(3)18-22)19-32(27(25)28-16-21)35(33,34)24-8-6-5-7-9-24/h5-9,15-18,20,23,26H,4,10-14,19H2,1-3H3/t20-,23+,26?. The summed E-state index contributed by atoms with van der Waals surface area (Å²) in [5.41, 5.74) is 3.23. The van der Waals surface area contributed by atoms with Crippen LogP contribution in [0.5, 0.6) is 0 Å². The number of anilines is 1. The molecule has 1 aromatic carbocycles. The van der Waals surface area contributed by atoms with Crippen molar-refractivity contribution in [2.24, 2.45) is 7.05 Å². The lowest BCUT2D eigenvalue weighted by Crippen LogP contribution is -2.35. The second-order valence-corrected chi connectivity index (χ2v) is 11.9. The van der Waals surface area contributed by atoms with Crippen molar-refractivity contribution in [1.29, 1.82) is 0 Å². The molecule has 2 aliphatic rings. The first-order valence-electron chi connectivity index (χ1n) is 12.6. The highest BCUT2D eigenvalue weighted by Crippen LogP contribution is 2.44. The smallest absolute Gasteiger partial charge is 0.265 e. The molecule has 7 nitrogen and oxygen atoms in total. The summed E-state index contributed by atoms with van der Waals surface area (Å²) in [5.74, 6) is 0.924. The summed E-state index contributed by atoms with van der Waals surface area (Å²) >= 11 is 0. The fourth-order valence-electron chi connectivity index (χ4n) is 5.75. The van der Waals surface area contributed by atoms with Crippen LogP contribution in [0.15, 0.2) is 59.9 Å². The highest BCUT2D eigenvalue weighted by molar-refractivity contribution is 7.92. The number of fused-ring (bicyclic) bond motifs is 1. The van der Waals surface area contributed by atoms with E-state index in [4.69, 9.17) is 4.98 Å². The van der Waals surface area contributed by atoms with E-state index in [0.29, 0.717) is 24.3 Å². The van der Waals surface area contributed by atoms with Gasteiger partial charge in [0.1, 0.15) is 5.82 Å². The van der Waals surface area contributed by atoms with E-state index in [1.54, 1.807) is 28.9 Å². The molecule has 3 heterocycles. The first-order valence-corrected chi connectivity index (χ1v) is 14.1. The predicted molar refractivity (Wildman–Crippen MR) is 138 cm³/mol. The lowest BCUT2D eigenvalue weighted by molar-refractivity contribution is 0.182. The molecule has 0 amide bonds. The third-order valence-electron chi connectivity index (χ3n) is 7.70. The third-order valence-corrected chi connectivity index (χ3v) is 9.47. The summed E-state index contributed by atoms with van der Waals surface area (Å²) in [7, 11) is 0.423. The van der Waals surface area contributed by atoms with Gasteiger partial charge in [0.25, 0.3) is 10.0 Å². The quantitative estimate of drug-likeness (QED) is 0.484. The van der Waals surface area contributed by atoms with Gasteiger partial charge in [-0.15, -0.1) is 0 Å². The van der Waals surface area contributed by atoms with Crippen molar-refractivity contribution in [3.05, 3.63) is 71.7 Å². The fourth-order valence-corrected chi connectivity index (χ4v) is 7.23. The van der Waals surface area contributed by atoms with Crippen LogP contribution in [0.2, 0.25) is 0 Å². The topological polar surface area (TPSA) is 71.3 Å². The monoisotopic (exact) mass is 493 g/mol. The third kappa shape index (κ3) is 4.61. The van der Waals surface area contributed by atoms with E-state index in [1.807, 2.05) is 31.7 Å². The largest absolute Gasteiger partial charge is 0.303 e. The molecule has 2 aromatic heterocycles. The summed E-state index contributed by atoms with van der Waals surface area (Å²) in [6.07, 6.45) is 11.6. The van der Waals surface area contributed by atoms with Crippen molar-refractivity contribution in [2.45, 2.75) is 61.8 Å². The Labute approximate surface area is 208 Å². The molecule has 0 bridgehead atoms. The zero-order valence-electron chi connectivity index (χ0n) is 20.8. The Morgan fingerprint density at radius 3 is 2.46 bits per heavy atom. The van der Waals surface area contributed by atoms with Crippen molar-refractivity contribution >= 4 is 15.8 Å². The van der Waals surface area contributed by atoms with Crippen molar-refractivity contribution in [1.82, 2.24) is 19.7 Å². The Kier molecular flexibility index (Phi) is 6.68. The minimum atomic E-state index is -3.71. The van der Waals surface area contributed by atoms with Gasteiger partial charge in [0.15, 0.2) is 0 Å². The summed E-state index contributed by atoms with van der Waals surface area (Å²) in [4.78, 5) is 7.57. The minimum absolute atomic E-state index is 0.0864. The van der Waals surface area contributed by atoms with Crippen molar-refractivity contribution in [3.63, 3.8) is 0 Å². The molecule has 1 atom stereocenters. The molecule has 1 unspecified atom stereocenters. The predicted octanol–water partition coefficient (Wildman–Crippen LogP) is 4.52. The van der Waals surface area contributed by atoms with Crippen LogP contribution in [-0.4, -0.2) is 54.3 Å². The van der Waals surface area contributed by atoms with E-state index in [-0.39, 0.29) is 10.8 Å². The van der Waals surface area contributed by atoms with Crippen molar-refractivity contribution in [2.75, 3.05) is 24.4 Å². The van der Waals surface area contributed by atoms with E-state index >= 15 is 0 Å². The molecule has 3 aromatic rings. The first-order chi connectivity index (χ1) is 16.9. The Balaban J connectivity index is 1.46. The molecule has 0 saturated heterocycles. The molecule has 8 heteroatoms. The summed E-state index contributed by atoms with van der Waals surface area (Å²) in [6.45, 7) is 3.72. The first kappa shape index (κ1) is 24.0. The van der Waals surface area contributed by atoms with Crippen LogP contribution in [0.25, 0.3) is 0 Å². The minimum Gasteiger partial charge on any atom is -0.303 e. The summed E-state index contributed by atoms with van der Waals surface area (Å²) < 4.78 is 30.4. The Morgan fingerprint density at radius 2 is 1.80 bits per heavy atom. The second kappa shape index (κ2) is 9.74. The van der Waals surface area contributed by atoms with Gasteiger partial charge in [0.05, 0.1) is 11.1 Å². The number of hydrogen-bond acceptors (Lipinski definition) is 5. The van der Waals surface area contributed by atoms with Crippen LogP contribution >= 0.6 is 0 Å². The Hall–Kier alpha value is -2.71. The number of sulfonamides is 1. The lowest BCUT2D eigenvalue weighted by atomic mass is 9.81. The lowest BCUT2D eigenvalue weighted by Gasteiger charge is -2.34. The number of aromatic nitrogens is 3. The molecule has 1 saturated carbocycles. The number of pyridine rings is 1. The second-order valence-electron chi connectivity index (χ2n) is 10.0. The maximum absolute atomic E-state index is 13.6. The fraction of sp³-hybridized carbons (Fsp3) is 0.481. The van der Waals surface area contributed by atoms with Gasteiger partial charge in [-0.1, -0.05) is 25.1 Å². The maximum atomic E-state index is 13.6. The van der Waals surface area contributed by atoms with E-state index in [0.717, 1.165) is 30.5 Å². The molecule has 0 radical (unpaired) electrons. The summed E-state index contributed by atoms with van der Waals surface area (Å²) in [6, 6.07) is 11.5. The molecule has 1 fully saturated rings. The van der Waals surface area contributed by atoms with Crippen molar-refractivity contribution in [3.8, 4) is 0 Å². The van der Waals surface area contributed by atoms with Crippen LogP contribution in [0.4, 0.5) is 5.82 Å². The molecule has 186 valence electrons. The van der Waals surface area contributed by atoms with Gasteiger partial charge in [0, 0.05) is 43.5 Å². The van der Waals surface area contributed by atoms with Gasteiger partial charge in [-0.25, -0.2) is 17.7 Å². The van der Waals surface area contributed by atoms with Crippen molar-refractivity contribution < 1.29 is 8.42 Å². The van der Waals surface area contributed by atoms with E-state index in [1.165, 1.54) is 29.1 Å². The Morgan fingerprint density at radius 1 is 1.06 bits per heavy atom. The van der Waals surface area contributed by atoms with Gasteiger partial charge in [-0.2, -0.15) is 5.10 Å². The van der Waals surface area contributed by atoms with Gasteiger partial charge in [0.2, 0.25) is 0 Å². The molecule has 35 heavy (non-hydrogen) atoms. The van der Waals surface area contributed by atoms with Crippen LogP contribution in [0.1, 0.15) is 67.6 Å². The average Bonchev–Trinajstić information content (AvgIpc) is 3.48. The highest BCUT2D eigenvalue weighted by Gasteiger charge is 2.39. The molecule has 5 rings (SSSR count). The van der Waals surface area contributed by atoms with Gasteiger partial charge < -0.3 is 4.90 Å². The van der Waals surface area contributed by atoms with Crippen LogP contribution < -0.4 is 4.31 Å². The number of rotatable bonds is 7. The van der Waals surface area contributed by atoms with E-state index in [9.17, 15) is 8.42 Å². The molecule has 0 spiro atoms. The normalized spacial score (nSPS) is 22.5. The number of benzene rings is 1.